The molecule has 1 aliphatic carbocycles. The van der Waals surface area contributed by atoms with Crippen molar-refractivity contribution < 1.29 is 18.1 Å². The van der Waals surface area contributed by atoms with Crippen molar-refractivity contribution >= 4 is 75.3 Å². The number of fused-ring (bicyclic) bond motifs is 2. The summed E-state index contributed by atoms with van der Waals surface area (Å²) in [7, 11) is -4.43. The summed E-state index contributed by atoms with van der Waals surface area (Å²) in [5.41, 5.74) is -1.21. The van der Waals surface area contributed by atoms with E-state index < -0.39 is 32.1 Å². The number of hydrogen-bond donors (Lipinski definition) is 2. The van der Waals surface area contributed by atoms with Crippen molar-refractivity contribution in [3.8, 4) is 5.69 Å². The lowest BCUT2D eigenvalue weighted by molar-refractivity contribution is -0.384. The second-order valence-electron chi connectivity index (χ2n) is 10.1. The minimum atomic E-state index is -4.43. The van der Waals surface area contributed by atoms with Crippen LogP contribution in [0, 0.1) is 10.1 Å². The van der Waals surface area contributed by atoms with Gasteiger partial charge in [-0.2, -0.15) is 0 Å². The molecular formula is C30H21Br2N5O7S. The van der Waals surface area contributed by atoms with E-state index in [9.17, 15) is 32.9 Å². The molecule has 0 unspecified atom stereocenters. The molecule has 0 saturated heterocycles. The molecule has 0 atom stereocenters. The SMILES string of the molecule is O=C(NS(=O)(=O)C1=CCCC=C1Br)c1c(-n2c(=O)[nH]c3ccccc3c2=O)c2cc(Br)ccc2n1Cc1cccc([N+](=O)[O-])c1. The molecule has 0 aliphatic heterocycles. The fraction of sp³-hybridized carbons (Fsp3) is 0.100. The zero-order valence-corrected chi connectivity index (χ0v) is 27.0. The van der Waals surface area contributed by atoms with Crippen molar-refractivity contribution in [3.05, 3.63) is 135 Å². The third kappa shape index (κ3) is 5.58. The van der Waals surface area contributed by atoms with Gasteiger partial charge in [0.2, 0.25) is 0 Å². The first-order valence-electron chi connectivity index (χ1n) is 13.4. The van der Waals surface area contributed by atoms with Crippen LogP contribution < -0.4 is 16.0 Å². The number of amides is 1. The first kappa shape index (κ1) is 30.4. The number of sulfonamides is 1. The summed E-state index contributed by atoms with van der Waals surface area (Å²) in [6, 6.07) is 17.0. The molecule has 12 nitrogen and oxygen atoms in total. The average Bonchev–Trinajstić information content (AvgIpc) is 3.29. The summed E-state index contributed by atoms with van der Waals surface area (Å²) in [4.78, 5) is 55.1. The molecule has 0 spiro atoms. The van der Waals surface area contributed by atoms with Crippen LogP contribution in [0.2, 0.25) is 0 Å². The highest BCUT2D eigenvalue weighted by Gasteiger charge is 2.31. The number of para-hydroxylation sites is 1. The predicted molar refractivity (Wildman–Crippen MR) is 176 cm³/mol. The van der Waals surface area contributed by atoms with Gasteiger partial charge in [-0.1, -0.05) is 52.3 Å². The number of carbonyl (C=O) groups is 1. The normalized spacial score (nSPS) is 13.5. The Labute approximate surface area is 271 Å². The number of H-pyrrole nitrogens is 1. The van der Waals surface area contributed by atoms with Crippen LogP contribution >= 0.6 is 31.9 Å². The first-order chi connectivity index (χ1) is 21.5. The second-order valence-corrected chi connectivity index (χ2v) is 13.5. The molecule has 228 valence electrons. The Hall–Kier alpha value is -4.60. The predicted octanol–water partition coefficient (Wildman–Crippen LogP) is 5.37. The standard InChI is InChI=1S/C30H21Br2N5O7S/c31-18-12-13-24-21(15-18)26(36-29(39)20-8-1-3-10-23(20)33-30(36)40)27(35(24)16-17-6-5-7-19(14-17)37(41)42)28(38)34-45(43,44)25-11-4-2-9-22(25)32/h1,3,5-15H,2,4,16H2,(H,33,40)(H,34,38). The molecule has 0 radical (unpaired) electrons. The van der Waals surface area contributed by atoms with E-state index in [2.05, 4.69) is 41.6 Å². The van der Waals surface area contributed by atoms with Gasteiger partial charge in [0.25, 0.3) is 27.2 Å². The van der Waals surface area contributed by atoms with E-state index in [0.717, 1.165) is 4.57 Å². The molecule has 0 fully saturated rings. The van der Waals surface area contributed by atoms with E-state index >= 15 is 0 Å². The molecule has 0 bridgehead atoms. The van der Waals surface area contributed by atoms with Gasteiger partial charge >= 0.3 is 5.69 Å². The van der Waals surface area contributed by atoms with Gasteiger partial charge in [-0.3, -0.25) is 19.7 Å². The van der Waals surface area contributed by atoms with Crippen LogP contribution in [0.3, 0.4) is 0 Å². The van der Waals surface area contributed by atoms with Crippen LogP contribution in [0.5, 0.6) is 0 Å². The van der Waals surface area contributed by atoms with Gasteiger partial charge in [0.15, 0.2) is 0 Å². The fourth-order valence-corrected chi connectivity index (χ4v) is 7.85. The highest BCUT2D eigenvalue weighted by atomic mass is 79.9. The van der Waals surface area contributed by atoms with Crippen LogP contribution in [-0.4, -0.2) is 33.4 Å². The summed E-state index contributed by atoms with van der Waals surface area (Å²) >= 11 is 6.66. The van der Waals surface area contributed by atoms with Crippen molar-refractivity contribution in [2.75, 3.05) is 0 Å². The zero-order valence-electron chi connectivity index (χ0n) is 23.0. The number of nitrogens with zero attached hydrogens (tertiary/aromatic N) is 3. The second kappa shape index (κ2) is 11.7. The van der Waals surface area contributed by atoms with Crippen LogP contribution in [0.15, 0.2) is 102 Å². The van der Waals surface area contributed by atoms with E-state index in [1.165, 1.54) is 34.9 Å². The maximum Gasteiger partial charge on any atom is 0.333 e. The number of nitro groups is 1. The third-order valence-corrected chi connectivity index (χ3v) is 10.2. The molecule has 0 saturated carbocycles. The van der Waals surface area contributed by atoms with Crippen molar-refractivity contribution in [2.24, 2.45) is 0 Å². The third-order valence-electron chi connectivity index (χ3n) is 7.28. The fourth-order valence-electron chi connectivity index (χ4n) is 5.33. The van der Waals surface area contributed by atoms with Gasteiger partial charge in [-0.05, 0) is 64.7 Å². The van der Waals surface area contributed by atoms with E-state index in [1.807, 2.05) is 0 Å². The largest absolute Gasteiger partial charge is 0.333 e. The zero-order chi connectivity index (χ0) is 32.0. The number of nitro benzene ring substituents is 1. The van der Waals surface area contributed by atoms with Crippen LogP contribution in [0.4, 0.5) is 5.69 Å². The Morgan fingerprint density at radius 1 is 0.978 bits per heavy atom. The maximum absolute atomic E-state index is 14.2. The molecular weight excluding hydrogens is 734 g/mol. The molecule has 1 amide bonds. The molecule has 2 aromatic heterocycles. The summed E-state index contributed by atoms with van der Waals surface area (Å²) in [5.74, 6) is -1.12. The van der Waals surface area contributed by atoms with E-state index in [-0.39, 0.29) is 49.3 Å². The van der Waals surface area contributed by atoms with Crippen molar-refractivity contribution in [3.63, 3.8) is 0 Å². The lowest BCUT2D eigenvalue weighted by atomic mass is 10.2. The minimum Gasteiger partial charge on any atom is -0.330 e. The molecule has 5 aromatic rings. The van der Waals surface area contributed by atoms with Crippen molar-refractivity contribution in [1.29, 1.82) is 0 Å². The van der Waals surface area contributed by atoms with Gasteiger partial charge in [0.1, 0.15) is 5.69 Å². The molecule has 45 heavy (non-hydrogen) atoms. The number of benzene rings is 3. The van der Waals surface area contributed by atoms with Crippen molar-refractivity contribution in [1.82, 2.24) is 18.8 Å². The number of aromatic amines is 1. The molecule has 2 heterocycles. The number of rotatable bonds is 7. The number of non-ortho nitro benzene ring substituents is 1. The molecule has 3 aromatic carbocycles. The topological polar surface area (TPSA) is 166 Å². The Morgan fingerprint density at radius 2 is 1.73 bits per heavy atom. The highest BCUT2D eigenvalue weighted by molar-refractivity contribution is 9.12. The van der Waals surface area contributed by atoms with Crippen LogP contribution in [0.25, 0.3) is 27.5 Å². The summed E-state index contributed by atoms with van der Waals surface area (Å²) < 4.78 is 32.2. The highest BCUT2D eigenvalue weighted by Crippen LogP contribution is 2.33. The minimum absolute atomic E-state index is 0.131. The van der Waals surface area contributed by atoms with E-state index in [1.54, 1.807) is 48.5 Å². The van der Waals surface area contributed by atoms with E-state index in [4.69, 9.17) is 0 Å². The summed E-state index contributed by atoms with van der Waals surface area (Å²) in [5, 5.41) is 11.9. The van der Waals surface area contributed by atoms with Crippen molar-refractivity contribution in [2.45, 2.75) is 19.4 Å². The Bertz CT molecular complexity index is 2370. The number of halogens is 2. The van der Waals surface area contributed by atoms with Crippen LogP contribution in [-0.2, 0) is 16.6 Å². The Kier molecular flexibility index (Phi) is 7.93. The summed E-state index contributed by atoms with van der Waals surface area (Å²) in [6.07, 6.45) is 4.20. The Morgan fingerprint density at radius 3 is 2.49 bits per heavy atom. The van der Waals surface area contributed by atoms with Gasteiger partial charge in [0.05, 0.1) is 31.9 Å². The molecule has 15 heteroatoms. The molecule has 6 rings (SSSR count). The summed E-state index contributed by atoms with van der Waals surface area (Å²) in [6.45, 7) is -0.144. The molecule has 1 aliphatic rings. The number of hydrogen-bond acceptors (Lipinski definition) is 7. The lowest BCUT2D eigenvalue weighted by Gasteiger charge is -2.16. The quantitative estimate of drug-likeness (QED) is 0.167. The van der Waals surface area contributed by atoms with Gasteiger partial charge in [-0.15, -0.1) is 0 Å². The number of carbonyl (C=O) groups excluding carboxylic acids is 1. The Balaban J connectivity index is 1.66. The number of nitrogens with one attached hydrogen (secondary N) is 2. The van der Waals surface area contributed by atoms with E-state index in [0.29, 0.717) is 28.4 Å². The number of allylic oxidation sites excluding steroid dienone is 3. The molecule has 2 N–H and O–H groups in total. The van der Waals surface area contributed by atoms with Gasteiger partial charge in [0, 0.05) is 33.0 Å². The first-order valence-corrected chi connectivity index (χ1v) is 16.5. The maximum atomic E-state index is 14.2. The van der Waals surface area contributed by atoms with Crippen LogP contribution in [0.1, 0.15) is 28.9 Å². The van der Waals surface area contributed by atoms with Gasteiger partial charge in [-0.25, -0.2) is 22.5 Å². The average molecular weight is 755 g/mol. The lowest BCUT2D eigenvalue weighted by Crippen LogP contribution is -2.38. The number of aromatic nitrogens is 3. The monoisotopic (exact) mass is 753 g/mol. The smallest absolute Gasteiger partial charge is 0.330 e. The van der Waals surface area contributed by atoms with Gasteiger partial charge < -0.3 is 9.55 Å².